The van der Waals surface area contributed by atoms with Crippen molar-refractivity contribution in [3.05, 3.63) is 35.1 Å². The van der Waals surface area contributed by atoms with E-state index in [1.54, 1.807) is 12.1 Å². The molecule has 1 amide bonds. The first-order valence-corrected chi connectivity index (χ1v) is 6.36. The van der Waals surface area contributed by atoms with E-state index in [0.717, 1.165) is 12.8 Å². The van der Waals surface area contributed by atoms with Crippen molar-refractivity contribution in [2.75, 3.05) is 6.61 Å². The van der Waals surface area contributed by atoms with Crippen LogP contribution in [0.2, 0.25) is 0 Å². The molecule has 0 aromatic heterocycles. The highest BCUT2D eigenvalue weighted by molar-refractivity contribution is 5.80. The summed E-state index contributed by atoms with van der Waals surface area (Å²) in [5.74, 6) is 5.40. The van der Waals surface area contributed by atoms with E-state index in [4.69, 9.17) is 5.11 Å². The van der Waals surface area contributed by atoms with Gasteiger partial charge in [0.05, 0.1) is 6.61 Å². The number of halogens is 1. The minimum Gasteiger partial charge on any atom is -0.395 e. The highest BCUT2D eigenvalue weighted by atomic mass is 19.1. The van der Waals surface area contributed by atoms with Crippen LogP contribution in [0.15, 0.2) is 18.2 Å². The van der Waals surface area contributed by atoms with Crippen LogP contribution in [0, 0.1) is 23.6 Å². The molecule has 2 rings (SSSR count). The monoisotopic (exact) mass is 261 g/mol. The fourth-order valence-corrected chi connectivity index (χ4v) is 1.68. The van der Waals surface area contributed by atoms with Gasteiger partial charge in [-0.05, 0) is 31.0 Å². The van der Waals surface area contributed by atoms with E-state index in [0.29, 0.717) is 17.5 Å². The van der Waals surface area contributed by atoms with Crippen molar-refractivity contribution in [1.82, 2.24) is 5.32 Å². The molecule has 0 unspecified atom stereocenters. The van der Waals surface area contributed by atoms with Crippen molar-refractivity contribution in [1.29, 1.82) is 0 Å². The second-order valence-electron chi connectivity index (χ2n) is 4.57. The van der Waals surface area contributed by atoms with Gasteiger partial charge in [-0.1, -0.05) is 11.8 Å². The van der Waals surface area contributed by atoms with Gasteiger partial charge in [0.2, 0.25) is 5.91 Å². The van der Waals surface area contributed by atoms with Gasteiger partial charge in [-0.2, -0.15) is 0 Å². The van der Waals surface area contributed by atoms with Crippen LogP contribution in [0.25, 0.3) is 0 Å². The van der Waals surface area contributed by atoms with E-state index in [9.17, 15) is 9.18 Å². The number of aliphatic hydroxyl groups is 1. The molecular weight excluding hydrogens is 245 g/mol. The van der Waals surface area contributed by atoms with Crippen LogP contribution in [0.1, 0.15) is 30.4 Å². The number of carbonyl (C=O) groups is 1. The molecule has 0 aliphatic heterocycles. The van der Waals surface area contributed by atoms with E-state index in [2.05, 4.69) is 17.2 Å². The van der Waals surface area contributed by atoms with Gasteiger partial charge in [0.1, 0.15) is 5.82 Å². The molecule has 2 N–H and O–H groups in total. The Morgan fingerprint density at radius 2 is 2.26 bits per heavy atom. The lowest BCUT2D eigenvalue weighted by Gasteiger charge is -2.06. The van der Waals surface area contributed by atoms with Crippen LogP contribution < -0.4 is 5.32 Å². The number of amides is 1. The number of rotatable bonds is 4. The molecule has 1 saturated carbocycles. The van der Waals surface area contributed by atoms with E-state index in [-0.39, 0.29) is 30.8 Å². The first-order valence-electron chi connectivity index (χ1n) is 6.36. The zero-order chi connectivity index (χ0) is 13.7. The molecule has 0 bridgehead atoms. The van der Waals surface area contributed by atoms with Gasteiger partial charge >= 0.3 is 0 Å². The van der Waals surface area contributed by atoms with Crippen molar-refractivity contribution in [2.24, 2.45) is 5.92 Å². The fourth-order valence-electron chi connectivity index (χ4n) is 1.68. The number of benzene rings is 1. The van der Waals surface area contributed by atoms with Gasteiger partial charge in [-0.25, -0.2) is 4.39 Å². The Morgan fingerprint density at radius 3 is 2.95 bits per heavy atom. The van der Waals surface area contributed by atoms with Crippen LogP contribution >= 0.6 is 0 Å². The van der Waals surface area contributed by atoms with Crippen molar-refractivity contribution >= 4 is 5.91 Å². The Morgan fingerprint density at radius 1 is 1.47 bits per heavy atom. The number of carbonyl (C=O) groups excluding carboxylic acids is 1. The molecule has 0 heterocycles. The first-order chi connectivity index (χ1) is 9.20. The van der Waals surface area contributed by atoms with E-state index in [1.165, 1.54) is 6.07 Å². The molecule has 1 fully saturated rings. The Balaban J connectivity index is 2.00. The molecule has 3 nitrogen and oxygen atoms in total. The van der Waals surface area contributed by atoms with Crippen molar-refractivity contribution in [3.63, 3.8) is 0 Å². The lowest BCUT2D eigenvalue weighted by atomic mass is 10.1. The zero-order valence-electron chi connectivity index (χ0n) is 10.6. The summed E-state index contributed by atoms with van der Waals surface area (Å²) in [6, 6.07) is 4.57. The number of hydrogen-bond acceptors (Lipinski definition) is 2. The predicted octanol–water partition coefficient (Wildman–Crippen LogP) is 1.59. The molecule has 19 heavy (non-hydrogen) atoms. The molecule has 1 aromatic rings. The third kappa shape index (κ3) is 4.08. The maximum absolute atomic E-state index is 13.6. The summed E-state index contributed by atoms with van der Waals surface area (Å²) < 4.78 is 13.6. The van der Waals surface area contributed by atoms with E-state index >= 15 is 0 Å². The standard InChI is InChI=1S/C15H16FNO2/c16-14-7-4-11(3-1-2-8-18)9-13(14)10-17-15(19)12-5-6-12/h4,7,9,12,18H,2,5-6,8,10H2,(H,17,19). The first kappa shape index (κ1) is 13.6. The molecule has 1 aliphatic carbocycles. The van der Waals surface area contributed by atoms with Crippen LogP contribution in [-0.4, -0.2) is 17.6 Å². The van der Waals surface area contributed by atoms with Crippen LogP contribution in [-0.2, 0) is 11.3 Å². The topological polar surface area (TPSA) is 49.3 Å². The highest BCUT2D eigenvalue weighted by Gasteiger charge is 2.29. The largest absolute Gasteiger partial charge is 0.395 e. The number of aliphatic hydroxyl groups excluding tert-OH is 1. The maximum atomic E-state index is 13.6. The fraction of sp³-hybridized carbons (Fsp3) is 0.400. The second kappa shape index (κ2) is 6.35. The molecular formula is C15H16FNO2. The van der Waals surface area contributed by atoms with Gasteiger partial charge in [0.25, 0.3) is 0 Å². The van der Waals surface area contributed by atoms with Gasteiger partial charge in [0.15, 0.2) is 0 Å². The molecule has 1 aliphatic rings. The molecule has 0 spiro atoms. The Hall–Kier alpha value is -1.86. The summed E-state index contributed by atoms with van der Waals surface area (Å²) in [6.45, 7) is 0.204. The molecule has 0 saturated heterocycles. The van der Waals surface area contributed by atoms with Crippen LogP contribution in [0.5, 0.6) is 0 Å². The van der Waals surface area contributed by atoms with Crippen molar-refractivity contribution in [3.8, 4) is 11.8 Å². The summed E-state index contributed by atoms with van der Waals surface area (Å²) in [6.07, 6.45) is 2.26. The zero-order valence-corrected chi connectivity index (χ0v) is 10.6. The quantitative estimate of drug-likeness (QED) is 0.809. The summed E-state index contributed by atoms with van der Waals surface area (Å²) in [7, 11) is 0. The average molecular weight is 261 g/mol. The lowest BCUT2D eigenvalue weighted by molar-refractivity contribution is -0.122. The van der Waals surface area contributed by atoms with Gasteiger partial charge in [-0.3, -0.25) is 4.79 Å². The number of hydrogen-bond donors (Lipinski definition) is 2. The Bertz CT molecular complexity index is 527. The average Bonchev–Trinajstić information content (AvgIpc) is 3.23. The third-order valence-corrected chi connectivity index (χ3v) is 2.92. The molecule has 100 valence electrons. The summed E-state index contributed by atoms with van der Waals surface area (Å²) >= 11 is 0. The molecule has 1 aromatic carbocycles. The smallest absolute Gasteiger partial charge is 0.223 e. The van der Waals surface area contributed by atoms with Crippen molar-refractivity contribution in [2.45, 2.75) is 25.8 Å². The van der Waals surface area contributed by atoms with Gasteiger partial charge in [0, 0.05) is 30.0 Å². The molecule has 4 heteroatoms. The van der Waals surface area contributed by atoms with Gasteiger partial charge < -0.3 is 10.4 Å². The molecule has 0 atom stereocenters. The summed E-state index contributed by atoms with van der Waals surface area (Å²) in [5.41, 5.74) is 1.12. The minimum absolute atomic E-state index is 0.00355. The van der Waals surface area contributed by atoms with E-state index < -0.39 is 0 Å². The Labute approximate surface area is 111 Å². The third-order valence-electron chi connectivity index (χ3n) is 2.92. The van der Waals surface area contributed by atoms with Gasteiger partial charge in [-0.15, -0.1) is 0 Å². The SMILES string of the molecule is O=C(NCc1cc(C#CCCO)ccc1F)C1CC1. The molecule has 0 radical (unpaired) electrons. The summed E-state index contributed by atoms with van der Waals surface area (Å²) in [4.78, 5) is 11.5. The second-order valence-corrected chi connectivity index (χ2v) is 4.57. The minimum atomic E-state index is -0.344. The van der Waals surface area contributed by atoms with Crippen LogP contribution in [0.3, 0.4) is 0 Å². The maximum Gasteiger partial charge on any atom is 0.223 e. The van der Waals surface area contributed by atoms with E-state index in [1.807, 2.05) is 0 Å². The lowest BCUT2D eigenvalue weighted by Crippen LogP contribution is -2.24. The Kier molecular flexibility index (Phi) is 4.53. The normalized spacial score (nSPS) is 13.6. The van der Waals surface area contributed by atoms with Crippen LogP contribution in [0.4, 0.5) is 4.39 Å². The van der Waals surface area contributed by atoms with Crippen molar-refractivity contribution < 1.29 is 14.3 Å². The predicted molar refractivity (Wildman–Crippen MR) is 69.6 cm³/mol. The number of nitrogens with one attached hydrogen (secondary N) is 1. The highest BCUT2D eigenvalue weighted by Crippen LogP contribution is 2.28. The summed E-state index contributed by atoms with van der Waals surface area (Å²) in [5, 5.41) is 11.4.